The van der Waals surface area contributed by atoms with E-state index in [-0.39, 0.29) is 0 Å². The van der Waals surface area contributed by atoms with Gasteiger partial charge in [-0.05, 0) is 47.7 Å². The summed E-state index contributed by atoms with van der Waals surface area (Å²) in [5.74, 6) is 0.436. The molecule has 0 saturated heterocycles. The van der Waals surface area contributed by atoms with Crippen molar-refractivity contribution in [2.24, 2.45) is 0 Å². The lowest BCUT2D eigenvalue weighted by atomic mass is 10.1. The Morgan fingerprint density at radius 1 is 1.16 bits per heavy atom. The number of halogens is 1. The molecule has 0 bridgehead atoms. The van der Waals surface area contributed by atoms with Crippen LogP contribution >= 0.6 is 15.9 Å². The summed E-state index contributed by atoms with van der Waals surface area (Å²) < 4.78 is 1.10. The molecule has 1 atom stereocenters. The van der Waals surface area contributed by atoms with Gasteiger partial charge in [-0.1, -0.05) is 40.2 Å². The Labute approximate surface area is 121 Å². The van der Waals surface area contributed by atoms with Gasteiger partial charge in [-0.2, -0.15) is 0 Å². The molecule has 0 amide bonds. The first-order valence-electron chi connectivity index (χ1n) is 6.52. The molecule has 0 saturated carbocycles. The normalized spacial score (nSPS) is 17.4. The SMILES string of the molecule is Oc1cccc2c1CCC2NCc1ccc(Br)cc1. The van der Waals surface area contributed by atoms with E-state index in [2.05, 4.69) is 51.6 Å². The van der Waals surface area contributed by atoms with Crippen LogP contribution in [-0.2, 0) is 13.0 Å². The van der Waals surface area contributed by atoms with Gasteiger partial charge in [-0.3, -0.25) is 0 Å². The number of fused-ring (bicyclic) bond motifs is 1. The van der Waals surface area contributed by atoms with Crippen LogP contribution in [-0.4, -0.2) is 5.11 Å². The minimum atomic E-state index is 0.353. The van der Waals surface area contributed by atoms with E-state index in [1.807, 2.05) is 6.07 Å². The summed E-state index contributed by atoms with van der Waals surface area (Å²) in [7, 11) is 0. The Morgan fingerprint density at radius 3 is 2.74 bits per heavy atom. The minimum absolute atomic E-state index is 0.353. The number of hydrogen-bond donors (Lipinski definition) is 2. The number of hydrogen-bond acceptors (Lipinski definition) is 2. The van der Waals surface area contributed by atoms with E-state index in [9.17, 15) is 5.11 Å². The van der Waals surface area contributed by atoms with Crippen molar-refractivity contribution in [3.63, 3.8) is 0 Å². The Morgan fingerprint density at radius 2 is 1.95 bits per heavy atom. The standard InChI is InChI=1S/C16H16BrNO/c17-12-6-4-11(5-7-12)10-18-15-9-8-14-13(15)2-1-3-16(14)19/h1-7,15,18-19H,8-10H2. The van der Waals surface area contributed by atoms with Gasteiger partial charge in [0.2, 0.25) is 0 Å². The molecular weight excluding hydrogens is 302 g/mol. The van der Waals surface area contributed by atoms with Gasteiger partial charge >= 0.3 is 0 Å². The fraction of sp³-hybridized carbons (Fsp3) is 0.250. The van der Waals surface area contributed by atoms with Crippen LogP contribution in [0.25, 0.3) is 0 Å². The molecule has 0 aromatic heterocycles. The molecule has 0 heterocycles. The van der Waals surface area contributed by atoms with Gasteiger partial charge in [-0.25, -0.2) is 0 Å². The first-order valence-corrected chi connectivity index (χ1v) is 7.32. The smallest absolute Gasteiger partial charge is 0.119 e. The lowest BCUT2D eigenvalue weighted by molar-refractivity contribution is 0.469. The minimum Gasteiger partial charge on any atom is -0.508 e. The second-order valence-electron chi connectivity index (χ2n) is 4.94. The highest BCUT2D eigenvalue weighted by molar-refractivity contribution is 9.10. The maximum atomic E-state index is 9.83. The van der Waals surface area contributed by atoms with Crippen molar-refractivity contribution >= 4 is 15.9 Å². The first-order chi connectivity index (χ1) is 9.24. The summed E-state index contributed by atoms with van der Waals surface area (Å²) in [4.78, 5) is 0. The third-order valence-electron chi connectivity index (χ3n) is 3.71. The van der Waals surface area contributed by atoms with Crippen LogP contribution in [0.5, 0.6) is 5.75 Å². The highest BCUT2D eigenvalue weighted by Crippen LogP contribution is 2.36. The van der Waals surface area contributed by atoms with Crippen LogP contribution in [0, 0.1) is 0 Å². The van der Waals surface area contributed by atoms with Crippen LogP contribution in [0.4, 0.5) is 0 Å². The number of phenols is 1. The molecule has 19 heavy (non-hydrogen) atoms. The molecule has 0 radical (unpaired) electrons. The predicted molar refractivity (Wildman–Crippen MR) is 80.2 cm³/mol. The molecule has 2 nitrogen and oxygen atoms in total. The van der Waals surface area contributed by atoms with E-state index < -0.39 is 0 Å². The highest BCUT2D eigenvalue weighted by atomic mass is 79.9. The highest BCUT2D eigenvalue weighted by Gasteiger charge is 2.23. The van der Waals surface area contributed by atoms with Crippen molar-refractivity contribution in [2.45, 2.75) is 25.4 Å². The van der Waals surface area contributed by atoms with Gasteiger partial charge in [0.15, 0.2) is 0 Å². The number of aromatic hydroxyl groups is 1. The zero-order chi connectivity index (χ0) is 13.2. The number of phenolic OH excluding ortho intramolecular Hbond substituents is 1. The first kappa shape index (κ1) is 12.7. The summed E-state index contributed by atoms with van der Waals surface area (Å²) in [6.07, 6.45) is 2.02. The van der Waals surface area contributed by atoms with Crippen LogP contribution in [0.15, 0.2) is 46.9 Å². The Hall–Kier alpha value is -1.32. The van der Waals surface area contributed by atoms with Crippen molar-refractivity contribution in [1.82, 2.24) is 5.32 Å². The maximum absolute atomic E-state index is 9.83. The zero-order valence-electron chi connectivity index (χ0n) is 10.6. The summed E-state index contributed by atoms with van der Waals surface area (Å²) in [5, 5.41) is 13.4. The fourth-order valence-electron chi connectivity index (χ4n) is 2.69. The topological polar surface area (TPSA) is 32.3 Å². The van der Waals surface area contributed by atoms with Crippen molar-refractivity contribution in [3.8, 4) is 5.75 Å². The molecule has 3 rings (SSSR count). The molecule has 0 fully saturated rings. The fourth-order valence-corrected chi connectivity index (χ4v) is 2.95. The molecule has 2 N–H and O–H groups in total. The monoisotopic (exact) mass is 317 g/mol. The molecule has 1 aliphatic carbocycles. The lowest BCUT2D eigenvalue weighted by Crippen LogP contribution is -2.18. The van der Waals surface area contributed by atoms with E-state index in [4.69, 9.17) is 0 Å². The second kappa shape index (κ2) is 5.35. The van der Waals surface area contributed by atoms with Gasteiger partial charge in [0, 0.05) is 17.1 Å². The van der Waals surface area contributed by atoms with Gasteiger partial charge < -0.3 is 10.4 Å². The molecule has 1 unspecified atom stereocenters. The molecular formula is C16H16BrNO. The molecule has 1 aliphatic rings. The second-order valence-corrected chi connectivity index (χ2v) is 5.86. The molecule has 3 heteroatoms. The van der Waals surface area contributed by atoms with Gasteiger partial charge in [0.1, 0.15) is 5.75 Å². The quantitative estimate of drug-likeness (QED) is 0.899. The number of rotatable bonds is 3. The zero-order valence-corrected chi connectivity index (χ0v) is 12.2. The van der Waals surface area contributed by atoms with Crippen molar-refractivity contribution in [2.75, 3.05) is 0 Å². The van der Waals surface area contributed by atoms with Crippen LogP contribution in [0.2, 0.25) is 0 Å². The Balaban J connectivity index is 1.70. The van der Waals surface area contributed by atoms with Crippen LogP contribution < -0.4 is 5.32 Å². The predicted octanol–water partition coefficient (Wildman–Crippen LogP) is 3.93. The lowest BCUT2D eigenvalue weighted by Gasteiger charge is -2.14. The third kappa shape index (κ3) is 2.67. The Bertz CT molecular complexity index is 580. The number of benzene rings is 2. The van der Waals surface area contributed by atoms with Crippen molar-refractivity contribution < 1.29 is 5.11 Å². The maximum Gasteiger partial charge on any atom is 0.119 e. The van der Waals surface area contributed by atoms with E-state index in [1.54, 1.807) is 6.07 Å². The van der Waals surface area contributed by atoms with Gasteiger partial charge in [0.25, 0.3) is 0 Å². The van der Waals surface area contributed by atoms with E-state index in [0.29, 0.717) is 11.8 Å². The van der Waals surface area contributed by atoms with Crippen LogP contribution in [0.3, 0.4) is 0 Å². The Kier molecular flexibility index (Phi) is 3.58. The van der Waals surface area contributed by atoms with Crippen LogP contribution in [0.1, 0.15) is 29.2 Å². The van der Waals surface area contributed by atoms with Crippen molar-refractivity contribution in [1.29, 1.82) is 0 Å². The molecule has 0 spiro atoms. The van der Waals surface area contributed by atoms with Gasteiger partial charge in [0.05, 0.1) is 0 Å². The largest absolute Gasteiger partial charge is 0.508 e. The number of nitrogens with one attached hydrogen (secondary N) is 1. The average molecular weight is 318 g/mol. The van der Waals surface area contributed by atoms with Gasteiger partial charge in [-0.15, -0.1) is 0 Å². The molecule has 2 aromatic rings. The molecule has 2 aromatic carbocycles. The third-order valence-corrected chi connectivity index (χ3v) is 4.24. The van der Waals surface area contributed by atoms with Crippen molar-refractivity contribution in [3.05, 3.63) is 63.6 Å². The summed E-state index contributed by atoms with van der Waals surface area (Å²) in [6.45, 7) is 0.854. The van der Waals surface area contributed by atoms with E-state index >= 15 is 0 Å². The summed E-state index contributed by atoms with van der Waals surface area (Å²) in [6, 6.07) is 14.5. The molecule has 0 aliphatic heterocycles. The summed E-state index contributed by atoms with van der Waals surface area (Å²) in [5.41, 5.74) is 3.63. The summed E-state index contributed by atoms with van der Waals surface area (Å²) >= 11 is 3.44. The molecule has 98 valence electrons. The van der Waals surface area contributed by atoms with E-state index in [0.717, 1.165) is 29.4 Å². The average Bonchev–Trinajstić information content (AvgIpc) is 2.83. The van der Waals surface area contributed by atoms with E-state index in [1.165, 1.54) is 11.1 Å².